The third-order valence-electron chi connectivity index (χ3n) is 2.97. The number of rotatable bonds is 6. The SMILES string of the molecule is CCOC(=O)CN1C(=O)/C(=C/c2ccccc2OCC)SC1=S. The minimum atomic E-state index is -0.472. The number of esters is 1. The van der Waals surface area contributed by atoms with Crippen molar-refractivity contribution in [3.05, 3.63) is 34.7 Å². The van der Waals surface area contributed by atoms with Crippen molar-refractivity contribution >= 4 is 46.3 Å². The van der Waals surface area contributed by atoms with Crippen molar-refractivity contribution in [2.75, 3.05) is 19.8 Å². The number of ether oxygens (including phenoxy) is 2. The van der Waals surface area contributed by atoms with Gasteiger partial charge in [0, 0.05) is 5.56 Å². The highest BCUT2D eigenvalue weighted by Crippen LogP contribution is 2.34. The molecule has 0 saturated carbocycles. The van der Waals surface area contributed by atoms with E-state index in [1.165, 1.54) is 16.7 Å². The molecule has 1 aromatic rings. The van der Waals surface area contributed by atoms with Gasteiger partial charge in [0.25, 0.3) is 5.91 Å². The minimum Gasteiger partial charge on any atom is -0.493 e. The molecular weight excluding hydrogens is 334 g/mol. The molecule has 7 heteroatoms. The van der Waals surface area contributed by atoms with Gasteiger partial charge in [-0.05, 0) is 26.0 Å². The molecule has 0 aromatic heterocycles. The van der Waals surface area contributed by atoms with Gasteiger partial charge in [-0.3, -0.25) is 14.5 Å². The fourth-order valence-corrected chi connectivity index (χ4v) is 3.25. The highest BCUT2D eigenvalue weighted by molar-refractivity contribution is 8.26. The molecule has 23 heavy (non-hydrogen) atoms. The average molecular weight is 351 g/mol. The Morgan fingerprint density at radius 2 is 2.04 bits per heavy atom. The molecule has 1 aromatic carbocycles. The number of hydrogen-bond donors (Lipinski definition) is 0. The summed E-state index contributed by atoms with van der Waals surface area (Å²) < 4.78 is 10.8. The number of carbonyl (C=O) groups excluding carboxylic acids is 2. The minimum absolute atomic E-state index is 0.164. The molecule has 1 saturated heterocycles. The van der Waals surface area contributed by atoms with Crippen LogP contribution in [-0.2, 0) is 14.3 Å². The Morgan fingerprint density at radius 1 is 1.30 bits per heavy atom. The molecule has 5 nitrogen and oxygen atoms in total. The van der Waals surface area contributed by atoms with E-state index in [0.29, 0.717) is 21.6 Å². The van der Waals surface area contributed by atoms with Crippen LogP contribution < -0.4 is 4.74 Å². The van der Waals surface area contributed by atoms with E-state index in [1.54, 1.807) is 13.0 Å². The molecule has 122 valence electrons. The number of thioether (sulfide) groups is 1. The lowest BCUT2D eigenvalue weighted by Gasteiger charge is -2.12. The molecule has 0 spiro atoms. The van der Waals surface area contributed by atoms with Crippen molar-refractivity contribution in [3.63, 3.8) is 0 Å². The maximum absolute atomic E-state index is 12.4. The van der Waals surface area contributed by atoms with Crippen molar-refractivity contribution < 1.29 is 19.1 Å². The van der Waals surface area contributed by atoms with E-state index in [9.17, 15) is 9.59 Å². The second kappa shape index (κ2) is 8.12. The zero-order chi connectivity index (χ0) is 16.8. The van der Waals surface area contributed by atoms with Crippen LogP contribution >= 0.6 is 24.0 Å². The van der Waals surface area contributed by atoms with Crippen LogP contribution in [0.5, 0.6) is 5.75 Å². The molecule has 0 N–H and O–H groups in total. The third-order valence-corrected chi connectivity index (χ3v) is 4.35. The summed E-state index contributed by atoms with van der Waals surface area (Å²) in [5.74, 6) is -0.0650. The van der Waals surface area contributed by atoms with E-state index in [4.69, 9.17) is 21.7 Å². The van der Waals surface area contributed by atoms with E-state index < -0.39 is 5.97 Å². The van der Waals surface area contributed by atoms with Gasteiger partial charge < -0.3 is 9.47 Å². The van der Waals surface area contributed by atoms with Crippen LogP contribution in [0.25, 0.3) is 6.08 Å². The highest BCUT2D eigenvalue weighted by Gasteiger charge is 2.33. The Morgan fingerprint density at radius 3 is 2.74 bits per heavy atom. The topological polar surface area (TPSA) is 55.8 Å². The van der Waals surface area contributed by atoms with Crippen LogP contribution in [0.4, 0.5) is 0 Å². The van der Waals surface area contributed by atoms with Crippen molar-refractivity contribution in [1.82, 2.24) is 4.90 Å². The van der Waals surface area contributed by atoms with Crippen LogP contribution in [0.15, 0.2) is 29.2 Å². The van der Waals surface area contributed by atoms with Gasteiger partial charge in [0.1, 0.15) is 16.6 Å². The summed E-state index contributed by atoms with van der Waals surface area (Å²) in [4.78, 5) is 25.7. The number of amides is 1. The van der Waals surface area contributed by atoms with Gasteiger partial charge in [-0.1, -0.05) is 42.2 Å². The summed E-state index contributed by atoms with van der Waals surface area (Å²) in [5, 5.41) is 0. The summed E-state index contributed by atoms with van der Waals surface area (Å²) >= 11 is 6.35. The summed E-state index contributed by atoms with van der Waals surface area (Å²) in [6, 6.07) is 7.44. The molecule has 2 rings (SSSR count). The fourth-order valence-electron chi connectivity index (χ4n) is 2.00. The number of para-hydroxylation sites is 1. The van der Waals surface area contributed by atoms with Gasteiger partial charge in [0.2, 0.25) is 0 Å². The quantitative estimate of drug-likeness (QED) is 0.446. The summed E-state index contributed by atoms with van der Waals surface area (Å²) in [7, 11) is 0. The van der Waals surface area contributed by atoms with Crippen molar-refractivity contribution in [3.8, 4) is 5.75 Å². The third kappa shape index (κ3) is 4.33. The van der Waals surface area contributed by atoms with Crippen molar-refractivity contribution in [1.29, 1.82) is 0 Å². The van der Waals surface area contributed by atoms with E-state index in [0.717, 1.165) is 5.56 Å². The Kier molecular flexibility index (Phi) is 6.18. The second-order valence-electron chi connectivity index (χ2n) is 4.54. The molecule has 1 heterocycles. The zero-order valence-corrected chi connectivity index (χ0v) is 14.5. The van der Waals surface area contributed by atoms with Crippen LogP contribution in [-0.4, -0.2) is 40.9 Å². The fraction of sp³-hybridized carbons (Fsp3) is 0.312. The van der Waals surface area contributed by atoms with Crippen LogP contribution in [0.1, 0.15) is 19.4 Å². The average Bonchev–Trinajstić information content (AvgIpc) is 2.77. The summed E-state index contributed by atoms with van der Waals surface area (Å²) in [6.45, 7) is 4.26. The molecule has 1 aliphatic heterocycles. The molecule has 0 atom stereocenters. The molecule has 1 aliphatic rings. The number of benzene rings is 1. The second-order valence-corrected chi connectivity index (χ2v) is 6.22. The van der Waals surface area contributed by atoms with Crippen LogP contribution in [0.3, 0.4) is 0 Å². The van der Waals surface area contributed by atoms with Crippen molar-refractivity contribution in [2.45, 2.75) is 13.8 Å². The first-order chi connectivity index (χ1) is 11.1. The monoisotopic (exact) mass is 351 g/mol. The molecule has 1 amide bonds. The van der Waals surface area contributed by atoms with E-state index in [1.807, 2.05) is 31.2 Å². The Labute approximate surface area is 144 Å². The first kappa shape index (κ1) is 17.5. The molecule has 1 fully saturated rings. The predicted molar refractivity (Wildman–Crippen MR) is 94.1 cm³/mol. The standard InChI is InChI=1S/C16H17NO4S2/c1-3-20-12-8-6-5-7-11(12)9-13-15(19)17(16(22)23-13)10-14(18)21-4-2/h5-9H,3-4,10H2,1-2H3/b13-9-. The molecule has 0 radical (unpaired) electrons. The van der Waals surface area contributed by atoms with Crippen LogP contribution in [0.2, 0.25) is 0 Å². The first-order valence-corrected chi connectivity index (χ1v) is 8.42. The molecule has 0 aliphatic carbocycles. The zero-order valence-electron chi connectivity index (χ0n) is 12.9. The van der Waals surface area contributed by atoms with Crippen molar-refractivity contribution in [2.24, 2.45) is 0 Å². The van der Waals surface area contributed by atoms with Crippen LogP contribution in [0, 0.1) is 0 Å². The number of nitrogens with zero attached hydrogens (tertiary/aromatic N) is 1. The number of hydrogen-bond acceptors (Lipinski definition) is 6. The Balaban J connectivity index is 2.20. The van der Waals surface area contributed by atoms with E-state index >= 15 is 0 Å². The molecular formula is C16H17NO4S2. The van der Waals surface area contributed by atoms with Gasteiger partial charge in [-0.25, -0.2) is 0 Å². The van der Waals surface area contributed by atoms with Gasteiger partial charge in [0.15, 0.2) is 0 Å². The highest BCUT2D eigenvalue weighted by atomic mass is 32.2. The smallest absolute Gasteiger partial charge is 0.326 e. The van der Waals surface area contributed by atoms with Gasteiger partial charge in [-0.2, -0.15) is 0 Å². The predicted octanol–water partition coefficient (Wildman–Crippen LogP) is 2.85. The maximum atomic E-state index is 12.4. The Bertz CT molecular complexity index is 657. The largest absolute Gasteiger partial charge is 0.493 e. The first-order valence-electron chi connectivity index (χ1n) is 7.19. The van der Waals surface area contributed by atoms with E-state index in [-0.39, 0.29) is 19.1 Å². The molecule has 0 unspecified atom stereocenters. The molecule has 0 bridgehead atoms. The lowest BCUT2D eigenvalue weighted by molar-refractivity contribution is -0.145. The van der Waals surface area contributed by atoms with Gasteiger partial charge >= 0.3 is 5.97 Å². The van der Waals surface area contributed by atoms with E-state index in [2.05, 4.69) is 0 Å². The Hall–Kier alpha value is -1.86. The maximum Gasteiger partial charge on any atom is 0.326 e. The number of thiocarbonyl (C=S) groups is 1. The van der Waals surface area contributed by atoms with Gasteiger partial charge in [-0.15, -0.1) is 0 Å². The lowest BCUT2D eigenvalue weighted by atomic mass is 10.2. The summed E-state index contributed by atoms with van der Waals surface area (Å²) in [5.41, 5.74) is 0.797. The lowest BCUT2D eigenvalue weighted by Crippen LogP contribution is -2.34. The number of carbonyl (C=O) groups is 2. The normalized spacial score (nSPS) is 16.1. The van der Waals surface area contributed by atoms with Gasteiger partial charge in [0.05, 0.1) is 18.1 Å². The summed E-state index contributed by atoms with van der Waals surface area (Å²) in [6.07, 6.45) is 1.73.